The molecule has 1 N–H and O–H groups in total. The van der Waals surface area contributed by atoms with Gasteiger partial charge in [0.1, 0.15) is 0 Å². The van der Waals surface area contributed by atoms with E-state index >= 15 is 0 Å². The standard InChI is InChI=1S/C8H13ClO/c1-7(4-3-5-9)8(2)6-10/h3,5,10H,4,6H2,1-2H3/b5-3-,8-7-. The number of rotatable bonds is 3. The largest absolute Gasteiger partial charge is 0.392 e. The molecule has 0 aromatic carbocycles. The zero-order chi connectivity index (χ0) is 7.98. The maximum absolute atomic E-state index is 8.69. The molecule has 10 heavy (non-hydrogen) atoms. The molecule has 2 heteroatoms. The minimum Gasteiger partial charge on any atom is -0.392 e. The van der Waals surface area contributed by atoms with Crippen LogP contribution in [0.4, 0.5) is 0 Å². The summed E-state index contributed by atoms with van der Waals surface area (Å²) >= 11 is 5.33. The second-order valence-electron chi connectivity index (χ2n) is 2.28. The monoisotopic (exact) mass is 160 g/mol. The maximum atomic E-state index is 8.69. The predicted octanol–water partition coefficient (Wildman–Crippen LogP) is 2.46. The summed E-state index contributed by atoms with van der Waals surface area (Å²) in [5, 5.41) is 8.69. The second kappa shape index (κ2) is 5.51. The molecule has 1 nitrogen and oxygen atoms in total. The van der Waals surface area contributed by atoms with Crippen LogP contribution in [0.1, 0.15) is 20.3 Å². The fourth-order valence-corrected chi connectivity index (χ4v) is 0.620. The lowest BCUT2D eigenvalue weighted by Crippen LogP contribution is -1.88. The molecule has 0 radical (unpaired) electrons. The summed E-state index contributed by atoms with van der Waals surface area (Å²) in [7, 11) is 0. The number of hydrogen-bond acceptors (Lipinski definition) is 1. The Balaban J connectivity index is 3.91. The minimum absolute atomic E-state index is 0.141. The molecule has 0 aromatic rings. The van der Waals surface area contributed by atoms with E-state index in [1.165, 1.54) is 11.1 Å². The molecular weight excluding hydrogens is 148 g/mol. The summed E-state index contributed by atoms with van der Waals surface area (Å²) in [6.45, 7) is 4.04. The van der Waals surface area contributed by atoms with Crippen molar-refractivity contribution >= 4 is 11.6 Å². The van der Waals surface area contributed by atoms with Crippen molar-refractivity contribution in [1.29, 1.82) is 0 Å². The van der Waals surface area contributed by atoms with Crippen molar-refractivity contribution in [2.24, 2.45) is 0 Å². The lowest BCUT2D eigenvalue weighted by molar-refractivity contribution is 0.330. The van der Waals surface area contributed by atoms with Gasteiger partial charge in [-0.25, -0.2) is 0 Å². The molecule has 0 spiro atoms. The van der Waals surface area contributed by atoms with Crippen LogP contribution in [0.3, 0.4) is 0 Å². The lowest BCUT2D eigenvalue weighted by atomic mass is 10.1. The van der Waals surface area contributed by atoms with Gasteiger partial charge in [-0.3, -0.25) is 0 Å². The molecule has 0 amide bonds. The Morgan fingerprint density at radius 1 is 1.40 bits per heavy atom. The topological polar surface area (TPSA) is 20.2 Å². The average molecular weight is 161 g/mol. The molecule has 0 aliphatic rings. The summed E-state index contributed by atoms with van der Waals surface area (Å²) in [5.74, 6) is 0. The third-order valence-electron chi connectivity index (χ3n) is 1.48. The van der Waals surface area contributed by atoms with Crippen molar-refractivity contribution in [3.8, 4) is 0 Å². The first kappa shape index (κ1) is 9.73. The molecule has 0 saturated heterocycles. The van der Waals surface area contributed by atoms with Crippen LogP contribution in [0, 0.1) is 0 Å². The van der Waals surface area contributed by atoms with Crippen molar-refractivity contribution in [3.63, 3.8) is 0 Å². The first-order chi connectivity index (χ1) is 4.72. The third kappa shape index (κ3) is 3.70. The van der Waals surface area contributed by atoms with Gasteiger partial charge >= 0.3 is 0 Å². The van der Waals surface area contributed by atoms with Crippen LogP contribution in [0.15, 0.2) is 22.8 Å². The highest BCUT2D eigenvalue weighted by Crippen LogP contribution is 2.07. The number of allylic oxidation sites excluding steroid dienone is 2. The Hall–Kier alpha value is -0.270. The third-order valence-corrected chi connectivity index (χ3v) is 1.66. The fraction of sp³-hybridized carbons (Fsp3) is 0.500. The van der Waals surface area contributed by atoms with Crippen molar-refractivity contribution in [2.45, 2.75) is 20.3 Å². The summed E-state index contributed by atoms with van der Waals surface area (Å²) < 4.78 is 0. The number of aliphatic hydroxyl groups is 1. The molecule has 0 rings (SSSR count). The van der Waals surface area contributed by atoms with E-state index in [-0.39, 0.29) is 6.61 Å². The van der Waals surface area contributed by atoms with Gasteiger partial charge in [0.25, 0.3) is 0 Å². The second-order valence-corrected chi connectivity index (χ2v) is 2.54. The smallest absolute Gasteiger partial charge is 0.0641 e. The molecule has 0 bridgehead atoms. The van der Waals surface area contributed by atoms with E-state index < -0.39 is 0 Å². The normalized spacial score (nSPS) is 14.0. The summed E-state index contributed by atoms with van der Waals surface area (Å²) in [6.07, 6.45) is 2.69. The van der Waals surface area contributed by atoms with Gasteiger partial charge in [0, 0.05) is 5.54 Å². The Bertz CT molecular complexity index is 147. The first-order valence-corrected chi connectivity index (χ1v) is 3.67. The molecule has 0 aliphatic carbocycles. The Morgan fingerprint density at radius 3 is 2.40 bits per heavy atom. The SMILES string of the molecule is C/C(CO)=C(\C)C/C=C\Cl. The van der Waals surface area contributed by atoms with Crippen LogP contribution in [0.2, 0.25) is 0 Å². The van der Waals surface area contributed by atoms with Crippen molar-refractivity contribution < 1.29 is 5.11 Å². The molecule has 58 valence electrons. The predicted molar refractivity (Wildman–Crippen MR) is 45.1 cm³/mol. The van der Waals surface area contributed by atoms with E-state index in [1.807, 2.05) is 19.9 Å². The van der Waals surface area contributed by atoms with Crippen LogP contribution in [0.25, 0.3) is 0 Å². The summed E-state index contributed by atoms with van der Waals surface area (Å²) in [6, 6.07) is 0. The molecule has 0 aliphatic heterocycles. The van der Waals surface area contributed by atoms with Gasteiger partial charge in [-0.15, -0.1) is 0 Å². The first-order valence-electron chi connectivity index (χ1n) is 3.23. The quantitative estimate of drug-likeness (QED) is 0.629. The summed E-state index contributed by atoms with van der Waals surface area (Å²) in [4.78, 5) is 0. The molecule has 0 saturated carbocycles. The van der Waals surface area contributed by atoms with Crippen LogP contribution in [-0.2, 0) is 0 Å². The van der Waals surface area contributed by atoms with E-state index in [4.69, 9.17) is 16.7 Å². The highest BCUT2D eigenvalue weighted by Gasteiger charge is 1.91. The van der Waals surface area contributed by atoms with E-state index in [9.17, 15) is 0 Å². The summed E-state index contributed by atoms with van der Waals surface area (Å²) in [5.41, 5.74) is 3.70. The van der Waals surface area contributed by atoms with E-state index in [0.29, 0.717) is 0 Å². The van der Waals surface area contributed by atoms with Gasteiger partial charge in [-0.05, 0) is 25.8 Å². The van der Waals surface area contributed by atoms with Gasteiger partial charge in [0.15, 0.2) is 0 Å². The van der Waals surface area contributed by atoms with E-state index in [1.54, 1.807) is 0 Å². The van der Waals surface area contributed by atoms with Gasteiger partial charge < -0.3 is 5.11 Å². The van der Waals surface area contributed by atoms with Crippen LogP contribution in [-0.4, -0.2) is 11.7 Å². The van der Waals surface area contributed by atoms with Crippen molar-refractivity contribution in [1.82, 2.24) is 0 Å². The van der Waals surface area contributed by atoms with Crippen molar-refractivity contribution in [3.05, 3.63) is 22.8 Å². The zero-order valence-corrected chi connectivity index (χ0v) is 7.15. The van der Waals surface area contributed by atoms with E-state index in [0.717, 1.165) is 12.0 Å². The number of hydrogen-bond donors (Lipinski definition) is 1. The van der Waals surface area contributed by atoms with Gasteiger partial charge in [-0.1, -0.05) is 23.3 Å². The highest BCUT2D eigenvalue weighted by molar-refractivity contribution is 6.25. The lowest BCUT2D eigenvalue weighted by Gasteiger charge is -1.99. The minimum atomic E-state index is 0.141. The van der Waals surface area contributed by atoms with Crippen molar-refractivity contribution in [2.75, 3.05) is 6.61 Å². The molecule has 0 heterocycles. The highest BCUT2D eigenvalue weighted by atomic mass is 35.5. The number of halogens is 1. The average Bonchev–Trinajstić information content (AvgIpc) is 1.98. The fourth-order valence-electron chi connectivity index (χ4n) is 0.531. The van der Waals surface area contributed by atoms with Gasteiger partial charge in [0.2, 0.25) is 0 Å². The Labute approximate surface area is 67.0 Å². The Morgan fingerprint density at radius 2 is 2.00 bits per heavy atom. The molecule has 0 unspecified atom stereocenters. The molecule has 0 aromatic heterocycles. The number of aliphatic hydroxyl groups excluding tert-OH is 1. The van der Waals surface area contributed by atoms with Crippen LogP contribution in [0.5, 0.6) is 0 Å². The maximum Gasteiger partial charge on any atom is 0.0641 e. The molecule has 0 atom stereocenters. The zero-order valence-electron chi connectivity index (χ0n) is 6.39. The molecular formula is C8H13ClO. The van der Waals surface area contributed by atoms with Gasteiger partial charge in [-0.2, -0.15) is 0 Å². The Kier molecular flexibility index (Phi) is 5.36. The van der Waals surface area contributed by atoms with Crippen LogP contribution < -0.4 is 0 Å². The molecule has 0 fully saturated rings. The van der Waals surface area contributed by atoms with E-state index in [2.05, 4.69) is 0 Å². The van der Waals surface area contributed by atoms with Crippen LogP contribution >= 0.6 is 11.6 Å². The van der Waals surface area contributed by atoms with Gasteiger partial charge in [0.05, 0.1) is 6.61 Å².